The van der Waals surface area contributed by atoms with E-state index in [0.717, 1.165) is 4.31 Å². The van der Waals surface area contributed by atoms with Gasteiger partial charge in [-0.1, -0.05) is 24.3 Å². The summed E-state index contributed by atoms with van der Waals surface area (Å²) in [6.45, 7) is 3.03. The first-order chi connectivity index (χ1) is 10.8. The number of carbonyl (C=O) groups excluding carboxylic acids is 1. The molecule has 0 bridgehead atoms. The highest BCUT2D eigenvalue weighted by molar-refractivity contribution is 7.89. The first kappa shape index (κ1) is 18.9. The molecule has 126 valence electrons. The van der Waals surface area contributed by atoms with E-state index in [4.69, 9.17) is 5.11 Å². The average molecular weight is 340 g/mol. The summed E-state index contributed by atoms with van der Waals surface area (Å²) in [6.07, 6.45) is 2.17. The number of rotatable bonds is 9. The van der Waals surface area contributed by atoms with Gasteiger partial charge in [0.1, 0.15) is 6.04 Å². The van der Waals surface area contributed by atoms with Crippen LogP contribution in [0.5, 0.6) is 0 Å². The number of likely N-dealkylation sites (N-methyl/N-ethyl adjacent to an activating group) is 1. The molecule has 0 saturated heterocycles. The fourth-order valence-electron chi connectivity index (χ4n) is 1.84. The van der Waals surface area contributed by atoms with E-state index in [2.05, 4.69) is 11.9 Å². The molecule has 0 aliphatic rings. The Morgan fingerprint density at radius 1 is 1.35 bits per heavy atom. The minimum Gasteiger partial charge on any atom is -0.480 e. The van der Waals surface area contributed by atoms with Crippen molar-refractivity contribution < 1.29 is 23.1 Å². The van der Waals surface area contributed by atoms with Gasteiger partial charge in [0.15, 0.2) is 0 Å². The third-order valence-corrected chi connectivity index (χ3v) is 4.93. The van der Waals surface area contributed by atoms with Crippen molar-refractivity contribution in [3.05, 3.63) is 43.0 Å². The van der Waals surface area contributed by atoms with Crippen LogP contribution in [0.3, 0.4) is 0 Å². The molecule has 0 spiro atoms. The monoisotopic (exact) mass is 340 g/mol. The molecule has 1 aromatic rings. The van der Waals surface area contributed by atoms with E-state index in [9.17, 15) is 18.0 Å². The number of allylic oxidation sites excluding steroid dienone is 1. The van der Waals surface area contributed by atoms with Crippen LogP contribution in [0, 0.1) is 0 Å². The van der Waals surface area contributed by atoms with Crippen LogP contribution in [0.15, 0.2) is 47.9 Å². The van der Waals surface area contributed by atoms with Crippen molar-refractivity contribution >= 4 is 21.9 Å². The lowest BCUT2D eigenvalue weighted by Gasteiger charge is -2.19. The fourth-order valence-corrected chi connectivity index (χ4v) is 2.99. The zero-order valence-electron chi connectivity index (χ0n) is 12.8. The van der Waals surface area contributed by atoms with Gasteiger partial charge in [-0.25, -0.2) is 13.2 Å². The summed E-state index contributed by atoms with van der Waals surface area (Å²) in [5.74, 6) is -1.85. The van der Waals surface area contributed by atoms with Crippen LogP contribution in [-0.2, 0) is 19.6 Å². The molecule has 0 aliphatic heterocycles. The molecule has 1 atom stereocenters. The standard InChI is InChI=1S/C15H20N2O5S/c1-3-4-10-13(15(19)20)16-14(18)11-17(2)23(21,22)12-8-6-5-7-9-12/h3,5-9,13H,1,4,10-11H2,2H3,(H,16,18)(H,19,20). The fraction of sp³-hybridized carbons (Fsp3) is 0.333. The summed E-state index contributed by atoms with van der Waals surface area (Å²) in [4.78, 5) is 23.0. The number of nitrogens with zero attached hydrogens (tertiary/aromatic N) is 1. The van der Waals surface area contributed by atoms with E-state index in [1.807, 2.05) is 0 Å². The molecule has 0 radical (unpaired) electrons. The molecule has 1 rings (SSSR count). The first-order valence-corrected chi connectivity index (χ1v) is 8.37. The third-order valence-electron chi connectivity index (χ3n) is 3.11. The van der Waals surface area contributed by atoms with Gasteiger partial charge >= 0.3 is 5.97 Å². The zero-order chi connectivity index (χ0) is 17.5. The highest BCUT2D eigenvalue weighted by Crippen LogP contribution is 2.13. The molecule has 0 aromatic heterocycles. The van der Waals surface area contributed by atoms with Crippen molar-refractivity contribution in [1.29, 1.82) is 0 Å². The van der Waals surface area contributed by atoms with Crippen LogP contribution in [0.1, 0.15) is 12.8 Å². The molecule has 0 heterocycles. The Morgan fingerprint density at radius 2 is 1.96 bits per heavy atom. The maximum absolute atomic E-state index is 12.3. The summed E-state index contributed by atoms with van der Waals surface area (Å²) in [6, 6.07) is 6.62. The number of carboxylic acid groups (broad SMARTS) is 1. The molecule has 23 heavy (non-hydrogen) atoms. The predicted molar refractivity (Wildman–Crippen MR) is 85.3 cm³/mol. The number of benzene rings is 1. The van der Waals surface area contributed by atoms with E-state index in [1.54, 1.807) is 24.3 Å². The minimum absolute atomic E-state index is 0.0664. The van der Waals surface area contributed by atoms with Crippen molar-refractivity contribution in [2.45, 2.75) is 23.8 Å². The van der Waals surface area contributed by atoms with E-state index >= 15 is 0 Å². The lowest BCUT2D eigenvalue weighted by molar-refractivity contribution is -0.142. The average Bonchev–Trinajstić information content (AvgIpc) is 2.51. The largest absolute Gasteiger partial charge is 0.480 e. The van der Waals surface area contributed by atoms with E-state index in [1.165, 1.54) is 19.2 Å². The maximum Gasteiger partial charge on any atom is 0.326 e. The van der Waals surface area contributed by atoms with Crippen LogP contribution in [0.25, 0.3) is 0 Å². The highest BCUT2D eigenvalue weighted by Gasteiger charge is 2.25. The summed E-state index contributed by atoms with van der Waals surface area (Å²) in [5, 5.41) is 11.4. The lowest BCUT2D eigenvalue weighted by atomic mass is 10.1. The Bertz CT molecular complexity index is 658. The van der Waals surface area contributed by atoms with E-state index in [-0.39, 0.29) is 11.3 Å². The summed E-state index contributed by atoms with van der Waals surface area (Å²) in [5.41, 5.74) is 0. The number of hydrogen-bond donors (Lipinski definition) is 2. The second kappa shape index (κ2) is 8.44. The maximum atomic E-state index is 12.3. The van der Waals surface area contributed by atoms with Gasteiger partial charge in [0, 0.05) is 7.05 Å². The molecule has 1 unspecified atom stereocenters. The lowest BCUT2D eigenvalue weighted by Crippen LogP contribution is -2.45. The SMILES string of the molecule is C=CCCC(NC(=O)CN(C)S(=O)(=O)c1ccccc1)C(=O)O. The smallest absolute Gasteiger partial charge is 0.326 e. The Labute approximate surface area is 135 Å². The van der Waals surface area contributed by atoms with Gasteiger partial charge < -0.3 is 10.4 Å². The summed E-state index contributed by atoms with van der Waals surface area (Å²) in [7, 11) is -2.53. The Kier molecular flexibility index (Phi) is 6.92. The number of nitrogens with one attached hydrogen (secondary N) is 1. The second-order valence-electron chi connectivity index (χ2n) is 4.90. The summed E-state index contributed by atoms with van der Waals surface area (Å²) >= 11 is 0. The molecule has 1 aromatic carbocycles. The molecule has 2 N–H and O–H groups in total. The molecule has 0 fully saturated rings. The van der Waals surface area contributed by atoms with Gasteiger partial charge in [-0.3, -0.25) is 4.79 Å². The molecule has 0 saturated carbocycles. The molecular formula is C15H20N2O5S. The zero-order valence-corrected chi connectivity index (χ0v) is 13.6. The molecule has 8 heteroatoms. The van der Waals surface area contributed by atoms with Crippen molar-refractivity contribution in [3.8, 4) is 0 Å². The van der Waals surface area contributed by atoms with Gasteiger partial charge in [0.2, 0.25) is 15.9 Å². The van der Waals surface area contributed by atoms with Crippen LogP contribution in [-0.4, -0.2) is 49.3 Å². The quantitative estimate of drug-likeness (QED) is 0.648. The van der Waals surface area contributed by atoms with Crippen molar-refractivity contribution in [2.75, 3.05) is 13.6 Å². The van der Waals surface area contributed by atoms with Gasteiger partial charge in [-0.15, -0.1) is 6.58 Å². The predicted octanol–water partition coefficient (Wildman–Crippen LogP) is 0.843. The van der Waals surface area contributed by atoms with Gasteiger partial charge in [0.25, 0.3) is 0 Å². The Balaban J connectivity index is 2.72. The second-order valence-corrected chi connectivity index (χ2v) is 6.94. The first-order valence-electron chi connectivity index (χ1n) is 6.93. The number of amides is 1. The highest BCUT2D eigenvalue weighted by atomic mass is 32.2. The number of hydrogen-bond acceptors (Lipinski definition) is 4. The normalized spacial score (nSPS) is 12.6. The molecule has 7 nitrogen and oxygen atoms in total. The third kappa shape index (κ3) is 5.50. The van der Waals surface area contributed by atoms with Gasteiger partial charge in [-0.05, 0) is 25.0 Å². The van der Waals surface area contributed by atoms with E-state index < -0.39 is 34.5 Å². The van der Waals surface area contributed by atoms with Crippen LogP contribution in [0.4, 0.5) is 0 Å². The van der Waals surface area contributed by atoms with Crippen LogP contribution in [0.2, 0.25) is 0 Å². The Hall–Kier alpha value is -2.19. The number of sulfonamides is 1. The van der Waals surface area contributed by atoms with Crippen molar-refractivity contribution in [3.63, 3.8) is 0 Å². The van der Waals surface area contributed by atoms with Gasteiger partial charge in [-0.2, -0.15) is 4.31 Å². The molecular weight excluding hydrogens is 320 g/mol. The molecule has 0 aliphatic carbocycles. The van der Waals surface area contributed by atoms with Gasteiger partial charge in [0.05, 0.1) is 11.4 Å². The Morgan fingerprint density at radius 3 is 2.48 bits per heavy atom. The van der Waals surface area contributed by atoms with Crippen molar-refractivity contribution in [2.24, 2.45) is 0 Å². The van der Waals surface area contributed by atoms with E-state index in [0.29, 0.717) is 6.42 Å². The number of carboxylic acids is 1. The summed E-state index contributed by atoms with van der Waals surface area (Å²) < 4.78 is 25.4. The van der Waals surface area contributed by atoms with Crippen LogP contribution < -0.4 is 5.32 Å². The molecule has 1 amide bonds. The number of aliphatic carboxylic acids is 1. The number of carbonyl (C=O) groups is 2. The van der Waals surface area contributed by atoms with Crippen molar-refractivity contribution in [1.82, 2.24) is 9.62 Å². The topological polar surface area (TPSA) is 104 Å². The van der Waals surface area contributed by atoms with Crippen LogP contribution >= 0.6 is 0 Å². The minimum atomic E-state index is -3.80.